The predicted octanol–water partition coefficient (Wildman–Crippen LogP) is 2.00. The number of aromatic nitrogens is 3. The number of anilines is 1. The third-order valence-electron chi connectivity index (χ3n) is 2.01. The van der Waals surface area contributed by atoms with Gasteiger partial charge in [0, 0.05) is 23.5 Å². The first-order chi connectivity index (χ1) is 8.04. The number of hydrogen-bond acceptors (Lipinski definition) is 5. The van der Waals surface area contributed by atoms with E-state index in [1.54, 1.807) is 12.1 Å². The lowest BCUT2D eigenvalue weighted by atomic mass is 10.3. The second-order valence-corrected chi connectivity index (χ2v) is 3.57. The number of pyridine rings is 1. The van der Waals surface area contributed by atoms with Gasteiger partial charge < -0.3 is 10.5 Å². The molecular weight excluding hydrogens is 223 g/mol. The monoisotopic (exact) mass is 234 g/mol. The fourth-order valence-corrected chi connectivity index (χ4v) is 1.37. The standard InChI is InChI=1S/C11H11FN4O/c1-6-3-8(4-7(2)15-6)17-11-14-5-9(12)10(13)16-11/h3-5H,1-2H3,(H2,13,14,16). The summed E-state index contributed by atoms with van der Waals surface area (Å²) in [5, 5.41) is 0. The van der Waals surface area contributed by atoms with Gasteiger partial charge in [0.05, 0.1) is 6.20 Å². The molecule has 2 heterocycles. The van der Waals surface area contributed by atoms with E-state index in [4.69, 9.17) is 10.5 Å². The van der Waals surface area contributed by atoms with Crippen LogP contribution in [0.4, 0.5) is 10.2 Å². The number of halogens is 1. The first-order valence-corrected chi connectivity index (χ1v) is 4.96. The molecule has 0 atom stereocenters. The molecule has 0 aliphatic heterocycles. The molecule has 0 radical (unpaired) electrons. The molecule has 0 fully saturated rings. The molecule has 0 saturated carbocycles. The summed E-state index contributed by atoms with van der Waals surface area (Å²) in [6.45, 7) is 3.69. The Morgan fingerprint density at radius 1 is 1.18 bits per heavy atom. The molecule has 0 aliphatic rings. The van der Waals surface area contributed by atoms with Crippen LogP contribution in [0.2, 0.25) is 0 Å². The fraction of sp³-hybridized carbons (Fsp3) is 0.182. The van der Waals surface area contributed by atoms with Gasteiger partial charge in [-0.2, -0.15) is 4.98 Å². The Balaban J connectivity index is 2.28. The van der Waals surface area contributed by atoms with Gasteiger partial charge in [0.2, 0.25) is 0 Å². The number of nitrogen functional groups attached to an aromatic ring is 1. The highest BCUT2D eigenvalue weighted by Crippen LogP contribution is 2.20. The molecule has 88 valence electrons. The molecule has 0 amide bonds. The van der Waals surface area contributed by atoms with Crippen LogP contribution < -0.4 is 10.5 Å². The molecule has 0 spiro atoms. The van der Waals surface area contributed by atoms with E-state index in [1.807, 2.05) is 13.8 Å². The van der Waals surface area contributed by atoms with Crippen LogP contribution in [0.1, 0.15) is 11.4 Å². The predicted molar refractivity (Wildman–Crippen MR) is 60.2 cm³/mol. The third-order valence-corrected chi connectivity index (χ3v) is 2.01. The van der Waals surface area contributed by atoms with E-state index in [0.717, 1.165) is 17.6 Å². The maximum atomic E-state index is 12.9. The lowest BCUT2D eigenvalue weighted by molar-refractivity contribution is 0.436. The van der Waals surface area contributed by atoms with Crippen LogP contribution in [-0.2, 0) is 0 Å². The molecule has 0 saturated heterocycles. The minimum atomic E-state index is -0.667. The second kappa shape index (κ2) is 4.32. The summed E-state index contributed by atoms with van der Waals surface area (Å²) in [6, 6.07) is 3.47. The van der Waals surface area contributed by atoms with Crippen molar-refractivity contribution in [1.29, 1.82) is 0 Å². The number of ether oxygens (including phenoxy) is 1. The van der Waals surface area contributed by atoms with Crippen molar-refractivity contribution in [3.05, 3.63) is 35.5 Å². The van der Waals surface area contributed by atoms with Crippen molar-refractivity contribution >= 4 is 5.82 Å². The van der Waals surface area contributed by atoms with Crippen molar-refractivity contribution < 1.29 is 9.13 Å². The van der Waals surface area contributed by atoms with Crippen LogP contribution in [0.15, 0.2) is 18.3 Å². The Labute approximate surface area is 97.5 Å². The molecule has 6 heteroatoms. The number of hydrogen-bond donors (Lipinski definition) is 1. The first-order valence-electron chi connectivity index (χ1n) is 4.96. The molecule has 2 aromatic heterocycles. The summed E-state index contributed by atoms with van der Waals surface area (Å²) in [4.78, 5) is 11.6. The number of nitrogens with zero attached hydrogens (tertiary/aromatic N) is 3. The molecule has 17 heavy (non-hydrogen) atoms. The van der Waals surface area contributed by atoms with E-state index < -0.39 is 5.82 Å². The maximum Gasteiger partial charge on any atom is 0.324 e. The minimum absolute atomic E-state index is 0.00824. The van der Waals surface area contributed by atoms with E-state index in [0.29, 0.717) is 5.75 Å². The van der Waals surface area contributed by atoms with Gasteiger partial charge in [-0.05, 0) is 13.8 Å². The zero-order valence-electron chi connectivity index (χ0n) is 9.44. The lowest BCUT2D eigenvalue weighted by Crippen LogP contribution is -2.00. The van der Waals surface area contributed by atoms with Crippen molar-refractivity contribution in [3.8, 4) is 11.8 Å². The fourth-order valence-electron chi connectivity index (χ4n) is 1.37. The zero-order valence-corrected chi connectivity index (χ0v) is 9.44. The Morgan fingerprint density at radius 3 is 2.41 bits per heavy atom. The smallest absolute Gasteiger partial charge is 0.324 e. The summed E-state index contributed by atoms with van der Waals surface area (Å²) in [7, 11) is 0. The van der Waals surface area contributed by atoms with Gasteiger partial charge in [-0.15, -0.1) is 0 Å². The van der Waals surface area contributed by atoms with E-state index >= 15 is 0 Å². The molecule has 5 nitrogen and oxygen atoms in total. The molecule has 0 aromatic carbocycles. The molecule has 2 N–H and O–H groups in total. The summed E-state index contributed by atoms with van der Waals surface area (Å²) in [5.41, 5.74) is 6.95. The zero-order chi connectivity index (χ0) is 12.4. The van der Waals surface area contributed by atoms with Crippen molar-refractivity contribution in [2.24, 2.45) is 0 Å². The van der Waals surface area contributed by atoms with E-state index in [2.05, 4.69) is 15.0 Å². The number of nitrogens with two attached hydrogens (primary N) is 1. The molecular formula is C11H11FN4O. The number of rotatable bonds is 2. The second-order valence-electron chi connectivity index (χ2n) is 3.57. The highest BCUT2D eigenvalue weighted by Gasteiger charge is 2.06. The van der Waals surface area contributed by atoms with Crippen LogP contribution in [0.5, 0.6) is 11.8 Å². The van der Waals surface area contributed by atoms with Crippen molar-refractivity contribution in [2.75, 3.05) is 5.73 Å². The normalized spacial score (nSPS) is 10.3. The van der Waals surface area contributed by atoms with Gasteiger partial charge in [0.1, 0.15) is 5.75 Å². The van der Waals surface area contributed by atoms with Crippen molar-refractivity contribution in [2.45, 2.75) is 13.8 Å². The highest BCUT2D eigenvalue weighted by atomic mass is 19.1. The van der Waals surface area contributed by atoms with Crippen LogP contribution in [-0.4, -0.2) is 15.0 Å². The van der Waals surface area contributed by atoms with E-state index in [1.165, 1.54) is 0 Å². The van der Waals surface area contributed by atoms with Crippen LogP contribution >= 0.6 is 0 Å². The Morgan fingerprint density at radius 2 is 1.82 bits per heavy atom. The van der Waals surface area contributed by atoms with Gasteiger partial charge in [0.15, 0.2) is 11.6 Å². The summed E-state index contributed by atoms with van der Waals surface area (Å²) < 4.78 is 18.2. The topological polar surface area (TPSA) is 73.9 Å². The van der Waals surface area contributed by atoms with Gasteiger partial charge in [-0.3, -0.25) is 4.98 Å². The van der Waals surface area contributed by atoms with Crippen LogP contribution in [0.25, 0.3) is 0 Å². The van der Waals surface area contributed by atoms with E-state index in [9.17, 15) is 4.39 Å². The van der Waals surface area contributed by atoms with Crippen LogP contribution in [0, 0.1) is 19.7 Å². The molecule has 2 rings (SSSR count). The molecule has 0 unspecified atom stereocenters. The van der Waals surface area contributed by atoms with E-state index in [-0.39, 0.29) is 11.8 Å². The molecule has 0 bridgehead atoms. The number of aryl methyl sites for hydroxylation is 2. The summed E-state index contributed by atoms with van der Waals surface area (Å²) in [6.07, 6.45) is 0.971. The minimum Gasteiger partial charge on any atom is -0.424 e. The SMILES string of the molecule is Cc1cc(Oc2ncc(F)c(N)n2)cc(C)n1. The van der Waals surface area contributed by atoms with Crippen molar-refractivity contribution in [3.63, 3.8) is 0 Å². The molecule has 2 aromatic rings. The Kier molecular flexibility index (Phi) is 2.86. The average Bonchev–Trinajstić information content (AvgIpc) is 2.22. The van der Waals surface area contributed by atoms with Crippen LogP contribution in [0.3, 0.4) is 0 Å². The van der Waals surface area contributed by atoms with Gasteiger partial charge in [-0.1, -0.05) is 0 Å². The van der Waals surface area contributed by atoms with Gasteiger partial charge in [-0.25, -0.2) is 9.37 Å². The summed E-state index contributed by atoms with van der Waals surface area (Å²) in [5.74, 6) is -0.363. The Hall–Kier alpha value is -2.24. The maximum absolute atomic E-state index is 12.9. The lowest BCUT2D eigenvalue weighted by Gasteiger charge is -2.06. The van der Waals surface area contributed by atoms with Crippen molar-refractivity contribution in [1.82, 2.24) is 15.0 Å². The van der Waals surface area contributed by atoms with Gasteiger partial charge >= 0.3 is 6.01 Å². The molecule has 0 aliphatic carbocycles. The first kappa shape index (κ1) is 11.3. The third kappa shape index (κ3) is 2.66. The Bertz CT molecular complexity index is 539. The van der Waals surface area contributed by atoms with Gasteiger partial charge in [0.25, 0.3) is 0 Å². The largest absolute Gasteiger partial charge is 0.424 e. The highest BCUT2D eigenvalue weighted by molar-refractivity contribution is 5.32. The quantitative estimate of drug-likeness (QED) is 0.860. The summed E-state index contributed by atoms with van der Waals surface area (Å²) >= 11 is 0. The average molecular weight is 234 g/mol.